The lowest BCUT2D eigenvalue weighted by atomic mass is 10.1. The molecule has 1 heterocycles. The summed E-state index contributed by atoms with van der Waals surface area (Å²) in [4.78, 5) is 24.2. The van der Waals surface area contributed by atoms with Crippen molar-refractivity contribution in [2.75, 3.05) is 6.54 Å². The summed E-state index contributed by atoms with van der Waals surface area (Å²) >= 11 is 3.08. The van der Waals surface area contributed by atoms with Gasteiger partial charge in [-0.05, 0) is 12.1 Å². The molecule has 2 amide bonds. The first-order valence-electron chi connectivity index (χ1n) is 4.64. The van der Waals surface area contributed by atoms with Crippen LogP contribution < -0.4 is 0 Å². The lowest BCUT2D eigenvalue weighted by Crippen LogP contribution is -2.34. The highest BCUT2D eigenvalue weighted by molar-refractivity contribution is 9.09. The molecule has 2 rings (SSSR count). The zero-order valence-corrected chi connectivity index (χ0v) is 9.77. The predicted molar refractivity (Wildman–Crippen MR) is 60.1 cm³/mol. The van der Waals surface area contributed by atoms with Crippen LogP contribution in [0.25, 0.3) is 0 Å². The Morgan fingerprint density at radius 1 is 1.25 bits per heavy atom. The van der Waals surface area contributed by atoms with E-state index in [4.69, 9.17) is 5.26 Å². The Bertz CT molecular complexity index is 472. The largest absolute Gasteiger partial charge is 0.272 e. The van der Waals surface area contributed by atoms with Gasteiger partial charge in [-0.2, -0.15) is 5.26 Å². The van der Waals surface area contributed by atoms with Crippen LogP contribution in [0, 0.1) is 11.3 Å². The van der Waals surface area contributed by atoms with Crippen LogP contribution >= 0.6 is 15.9 Å². The monoisotopic (exact) mass is 278 g/mol. The first-order valence-corrected chi connectivity index (χ1v) is 5.55. The van der Waals surface area contributed by atoms with E-state index in [2.05, 4.69) is 15.9 Å². The van der Waals surface area contributed by atoms with Gasteiger partial charge in [0.2, 0.25) is 0 Å². The third kappa shape index (κ3) is 1.61. The Kier molecular flexibility index (Phi) is 2.75. The van der Waals surface area contributed by atoms with Crippen molar-refractivity contribution in [3.05, 3.63) is 35.4 Å². The molecule has 5 heteroatoms. The predicted octanol–water partition coefficient (Wildman–Crippen LogP) is 1.57. The minimum Gasteiger partial charge on any atom is -0.272 e. The number of imide groups is 1. The molecule has 0 N–H and O–H groups in total. The van der Waals surface area contributed by atoms with Crippen LogP contribution in [0.4, 0.5) is 0 Å². The summed E-state index contributed by atoms with van der Waals surface area (Å²) in [5.41, 5.74) is 0.815. The molecule has 0 bridgehead atoms. The smallest absolute Gasteiger partial charge is 0.261 e. The van der Waals surface area contributed by atoms with E-state index < -0.39 is 4.83 Å². The molecule has 0 saturated heterocycles. The van der Waals surface area contributed by atoms with Gasteiger partial charge in [0.15, 0.2) is 0 Å². The lowest BCUT2D eigenvalue weighted by Gasteiger charge is -2.13. The van der Waals surface area contributed by atoms with Gasteiger partial charge in [0, 0.05) is 0 Å². The summed E-state index contributed by atoms with van der Waals surface area (Å²) in [6, 6.07) is 8.59. The van der Waals surface area contributed by atoms with Gasteiger partial charge in [-0.1, -0.05) is 28.1 Å². The highest BCUT2D eigenvalue weighted by Crippen LogP contribution is 2.23. The average molecular weight is 279 g/mol. The van der Waals surface area contributed by atoms with Gasteiger partial charge in [0.1, 0.15) is 4.83 Å². The van der Waals surface area contributed by atoms with Crippen LogP contribution in [0.15, 0.2) is 24.3 Å². The number of carbonyl (C=O) groups excluding carboxylic acids is 2. The second-order valence-electron chi connectivity index (χ2n) is 3.36. The van der Waals surface area contributed by atoms with E-state index >= 15 is 0 Å². The number of carbonyl (C=O) groups is 2. The Hall–Kier alpha value is -1.67. The molecule has 16 heavy (non-hydrogen) atoms. The van der Waals surface area contributed by atoms with E-state index in [9.17, 15) is 9.59 Å². The van der Waals surface area contributed by atoms with Gasteiger partial charge >= 0.3 is 0 Å². The van der Waals surface area contributed by atoms with Crippen LogP contribution in [0.1, 0.15) is 20.7 Å². The van der Waals surface area contributed by atoms with Crippen molar-refractivity contribution in [3.8, 4) is 6.07 Å². The normalized spacial score (nSPS) is 15.9. The summed E-state index contributed by atoms with van der Waals surface area (Å²) in [5, 5.41) is 8.64. The molecule has 0 radical (unpaired) electrons. The van der Waals surface area contributed by atoms with E-state index in [-0.39, 0.29) is 18.4 Å². The third-order valence-electron chi connectivity index (χ3n) is 2.36. The number of rotatable bonds is 2. The minimum atomic E-state index is -0.533. The molecule has 1 aromatic carbocycles. The van der Waals surface area contributed by atoms with Crippen LogP contribution in [0.3, 0.4) is 0 Å². The second-order valence-corrected chi connectivity index (χ2v) is 4.47. The fraction of sp³-hybridized carbons (Fsp3) is 0.182. The van der Waals surface area contributed by atoms with Gasteiger partial charge in [0.25, 0.3) is 11.8 Å². The Morgan fingerprint density at radius 3 is 2.19 bits per heavy atom. The summed E-state index contributed by atoms with van der Waals surface area (Å²) in [5.74, 6) is -0.666. The van der Waals surface area contributed by atoms with Crippen LogP contribution in [0.2, 0.25) is 0 Å². The molecular weight excluding hydrogens is 272 g/mol. The summed E-state index contributed by atoms with van der Waals surface area (Å²) in [7, 11) is 0. The number of halogens is 1. The fourth-order valence-corrected chi connectivity index (χ4v) is 1.90. The molecule has 1 aliphatic heterocycles. The van der Waals surface area contributed by atoms with E-state index in [1.54, 1.807) is 24.3 Å². The minimum absolute atomic E-state index is 0.0723. The van der Waals surface area contributed by atoms with Crippen LogP contribution in [-0.4, -0.2) is 28.1 Å². The molecule has 0 saturated carbocycles. The Morgan fingerprint density at radius 2 is 1.75 bits per heavy atom. The number of alkyl halides is 1. The Labute approximate surface area is 101 Å². The molecule has 4 nitrogen and oxygen atoms in total. The van der Waals surface area contributed by atoms with Gasteiger partial charge in [-0.25, -0.2) is 0 Å². The SMILES string of the molecule is N#CC(Br)CN1C(=O)c2ccccc2C1=O. The number of fused-ring (bicyclic) bond motifs is 1. The average Bonchev–Trinajstić information content (AvgIpc) is 2.55. The number of nitriles is 1. The van der Waals surface area contributed by atoms with Crippen molar-refractivity contribution in [3.63, 3.8) is 0 Å². The maximum absolute atomic E-state index is 11.8. The first-order chi connectivity index (χ1) is 7.65. The lowest BCUT2D eigenvalue weighted by molar-refractivity contribution is 0.0660. The van der Waals surface area contributed by atoms with Crippen molar-refractivity contribution >= 4 is 27.7 Å². The van der Waals surface area contributed by atoms with E-state index in [0.29, 0.717) is 11.1 Å². The van der Waals surface area contributed by atoms with Crippen molar-refractivity contribution < 1.29 is 9.59 Å². The van der Waals surface area contributed by atoms with Gasteiger partial charge in [-0.15, -0.1) is 0 Å². The molecule has 1 unspecified atom stereocenters. The standard InChI is InChI=1S/C11H7BrN2O2/c12-7(5-13)6-14-10(15)8-3-1-2-4-9(8)11(14)16/h1-4,7H,6H2. The number of amides is 2. The van der Waals surface area contributed by atoms with Gasteiger partial charge < -0.3 is 0 Å². The number of benzene rings is 1. The van der Waals surface area contributed by atoms with Gasteiger partial charge in [0.05, 0.1) is 23.7 Å². The maximum atomic E-state index is 11.8. The van der Waals surface area contributed by atoms with E-state index in [0.717, 1.165) is 4.90 Å². The highest BCUT2D eigenvalue weighted by atomic mass is 79.9. The van der Waals surface area contributed by atoms with Crippen molar-refractivity contribution in [2.45, 2.75) is 4.83 Å². The molecule has 0 fully saturated rings. The molecule has 0 aliphatic carbocycles. The molecular formula is C11H7BrN2O2. The van der Waals surface area contributed by atoms with Crippen molar-refractivity contribution in [1.82, 2.24) is 4.90 Å². The molecule has 0 spiro atoms. The molecule has 1 aromatic rings. The second kappa shape index (κ2) is 4.06. The molecule has 1 aliphatic rings. The van der Waals surface area contributed by atoms with E-state index in [1.165, 1.54) is 0 Å². The number of nitrogens with zero attached hydrogens (tertiary/aromatic N) is 2. The van der Waals surface area contributed by atoms with E-state index in [1.807, 2.05) is 6.07 Å². The topological polar surface area (TPSA) is 61.2 Å². The van der Waals surface area contributed by atoms with Crippen LogP contribution in [-0.2, 0) is 0 Å². The summed E-state index contributed by atoms with van der Waals surface area (Å²) in [6.45, 7) is 0.0723. The van der Waals surface area contributed by atoms with Crippen molar-refractivity contribution in [1.29, 1.82) is 5.26 Å². The van der Waals surface area contributed by atoms with Crippen LogP contribution in [0.5, 0.6) is 0 Å². The number of hydrogen-bond acceptors (Lipinski definition) is 3. The van der Waals surface area contributed by atoms with Gasteiger partial charge in [-0.3, -0.25) is 14.5 Å². The Balaban J connectivity index is 2.33. The molecule has 80 valence electrons. The van der Waals surface area contributed by atoms with Crippen molar-refractivity contribution in [2.24, 2.45) is 0 Å². The summed E-state index contributed by atoms with van der Waals surface area (Å²) < 4.78 is 0. The highest BCUT2D eigenvalue weighted by Gasteiger charge is 2.35. The number of hydrogen-bond donors (Lipinski definition) is 0. The maximum Gasteiger partial charge on any atom is 0.261 e. The zero-order valence-electron chi connectivity index (χ0n) is 8.18. The first kappa shape index (κ1) is 10.8. The molecule has 0 aromatic heterocycles. The third-order valence-corrected chi connectivity index (χ3v) is 2.86. The summed E-state index contributed by atoms with van der Waals surface area (Å²) in [6.07, 6.45) is 0. The quantitative estimate of drug-likeness (QED) is 0.609. The zero-order chi connectivity index (χ0) is 11.7. The molecule has 1 atom stereocenters. The fourth-order valence-electron chi connectivity index (χ4n) is 1.61.